The standard InChI is InChI=1S/C17H22BrN3O4/c1-10-16(18)11(2)21(20-10)9-15(22)19-8-12-6-13(23-3)17(25-5)14(7-12)24-4/h6-7H,8-9H2,1-5H3,(H,19,22). The van der Waals surface area contributed by atoms with Crippen LogP contribution < -0.4 is 19.5 Å². The summed E-state index contributed by atoms with van der Waals surface area (Å²) in [7, 11) is 4.66. The number of carbonyl (C=O) groups is 1. The first-order valence-corrected chi connectivity index (χ1v) is 8.45. The van der Waals surface area contributed by atoms with Crippen LogP contribution in [0.1, 0.15) is 17.0 Å². The molecule has 1 heterocycles. The maximum atomic E-state index is 12.2. The maximum absolute atomic E-state index is 12.2. The summed E-state index contributed by atoms with van der Waals surface area (Å²) in [5, 5.41) is 7.21. The Morgan fingerprint density at radius 3 is 2.20 bits per heavy atom. The summed E-state index contributed by atoms with van der Waals surface area (Å²) in [5.41, 5.74) is 2.62. The molecule has 0 saturated heterocycles. The van der Waals surface area contributed by atoms with Gasteiger partial charge in [-0.2, -0.15) is 5.10 Å². The number of ether oxygens (including phenoxy) is 3. The molecule has 136 valence electrons. The molecule has 0 saturated carbocycles. The third-order valence-corrected chi connectivity index (χ3v) is 4.95. The van der Waals surface area contributed by atoms with Crippen molar-refractivity contribution in [2.45, 2.75) is 26.9 Å². The van der Waals surface area contributed by atoms with Crippen LogP contribution >= 0.6 is 15.9 Å². The molecule has 2 aromatic rings. The van der Waals surface area contributed by atoms with Crippen LogP contribution in [0.4, 0.5) is 0 Å². The number of hydrogen-bond acceptors (Lipinski definition) is 5. The van der Waals surface area contributed by atoms with Crippen molar-refractivity contribution in [3.05, 3.63) is 33.6 Å². The minimum Gasteiger partial charge on any atom is -0.493 e. The Bertz CT molecular complexity index is 748. The van der Waals surface area contributed by atoms with E-state index in [0.717, 1.165) is 21.4 Å². The second-order valence-corrected chi connectivity index (χ2v) is 6.25. The van der Waals surface area contributed by atoms with E-state index >= 15 is 0 Å². The number of benzene rings is 1. The number of halogens is 1. The molecule has 0 radical (unpaired) electrons. The predicted molar refractivity (Wildman–Crippen MR) is 97.3 cm³/mol. The first kappa shape index (κ1) is 19.1. The van der Waals surface area contributed by atoms with E-state index in [1.54, 1.807) is 26.0 Å². The zero-order valence-electron chi connectivity index (χ0n) is 15.0. The van der Waals surface area contributed by atoms with E-state index in [1.165, 1.54) is 0 Å². The lowest BCUT2D eigenvalue weighted by Gasteiger charge is -2.14. The number of aryl methyl sites for hydroxylation is 1. The lowest BCUT2D eigenvalue weighted by atomic mass is 10.1. The fraction of sp³-hybridized carbons (Fsp3) is 0.412. The minimum absolute atomic E-state index is 0.133. The summed E-state index contributed by atoms with van der Waals surface area (Å²) in [6.45, 7) is 4.30. The van der Waals surface area contributed by atoms with E-state index in [1.807, 2.05) is 26.0 Å². The van der Waals surface area contributed by atoms with Crippen LogP contribution in [0.2, 0.25) is 0 Å². The highest BCUT2D eigenvalue weighted by Crippen LogP contribution is 2.38. The van der Waals surface area contributed by atoms with Crippen molar-refractivity contribution in [1.82, 2.24) is 15.1 Å². The molecular weight excluding hydrogens is 390 g/mol. The number of hydrogen-bond donors (Lipinski definition) is 1. The fourth-order valence-electron chi connectivity index (χ4n) is 2.46. The Balaban J connectivity index is 2.07. The third kappa shape index (κ3) is 4.25. The zero-order valence-corrected chi connectivity index (χ0v) is 16.6. The van der Waals surface area contributed by atoms with Gasteiger partial charge in [0.15, 0.2) is 11.5 Å². The van der Waals surface area contributed by atoms with Crippen LogP contribution in [0.5, 0.6) is 17.2 Å². The van der Waals surface area contributed by atoms with Crippen molar-refractivity contribution in [3.8, 4) is 17.2 Å². The molecule has 0 atom stereocenters. The van der Waals surface area contributed by atoms with Gasteiger partial charge in [0, 0.05) is 6.54 Å². The van der Waals surface area contributed by atoms with Crippen LogP contribution in [0.25, 0.3) is 0 Å². The summed E-state index contributed by atoms with van der Waals surface area (Å²) < 4.78 is 18.5. The van der Waals surface area contributed by atoms with Gasteiger partial charge in [0.1, 0.15) is 6.54 Å². The molecule has 0 bridgehead atoms. The molecular formula is C17H22BrN3O4. The average Bonchev–Trinajstić information content (AvgIpc) is 2.85. The van der Waals surface area contributed by atoms with E-state index in [2.05, 4.69) is 26.3 Å². The Labute approximate surface area is 155 Å². The molecule has 0 aliphatic rings. The number of carbonyl (C=O) groups excluding carboxylic acids is 1. The van der Waals surface area contributed by atoms with Crippen LogP contribution in [-0.4, -0.2) is 37.0 Å². The zero-order chi connectivity index (χ0) is 18.6. The largest absolute Gasteiger partial charge is 0.493 e. The monoisotopic (exact) mass is 411 g/mol. The molecule has 0 aliphatic carbocycles. The van der Waals surface area contributed by atoms with Crippen molar-refractivity contribution in [2.75, 3.05) is 21.3 Å². The number of rotatable bonds is 7. The molecule has 2 rings (SSSR count). The Hall–Kier alpha value is -2.22. The third-order valence-electron chi connectivity index (χ3n) is 3.80. The molecule has 0 fully saturated rings. The van der Waals surface area contributed by atoms with Gasteiger partial charge in [-0.15, -0.1) is 0 Å². The first-order valence-electron chi connectivity index (χ1n) is 7.66. The number of amides is 1. The highest BCUT2D eigenvalue weighted by atomic mass is 79.9. The normalized spacial score (nSPS) is 10.5. The van der Waals surface area contributed by atoms with Gasteiger partial charge in [0.05, 0.1) is 37.2 Å². The van der Waals surface area contributed by atoms with Gasteiger partial charge < -0.3 is 19.5 Å². The van der Waals surface area contributed by atoms with Crippen LogP contribution in [0.3, 0.4) is 0 Å². The first-order chi connectivity index (χ1) is 11.9. The molecule has 0 spiro atoms. The van der Waals surface area contributed by atoms with Gasteiger partial charge in [0.25, 0.3) is 0 Å². The molecule has 25 heavy (non-hydrogen) atoms. The Kier molecular flexibility index (Phi) is 6.30. The van der Waals surface area contributed by atoms with Crippen molar-refractivity contribution < 1.29 is 19.0 Å². The SMILES string of the molecule is COc1cc(CNC(=O)Cn2nc(C)c(Br)c2C)cc(OC)c1OC. The van der Waals surface area contributed by atoms with E-state index < -0.39 is 0 Å². The van der Waals surface area contributed by atoms with E-state index in [9.17, 15) is 4.79 Å². The van der Waals surface area contributed by atoms with Gasteiger partial charge >= 0.3 is 0 Å². The quantitative estimate of drug-likeness (QED) is 0.757. The average molecular weight is 412 g/mol. The van der Waals surface area contributed by atoms with Gasteiger partial charge in [-0.25, -0.2) is 0 Å². The van der Waals surface area contributed by atoms with Gasteiger partial charge in [0.2, 0.25) is 11.7 Å². The van der Waals surface area contributed by atoms with Crippen molar-refractivity contribution in [1.29, 1.82) is 0 Å². The molecule has 0 aliphatic heterocycles. The minimum atomic E-state index is -0.133. The molecule has 1 amide bonds. The molecule has 1 aromatic heterocycles. The molecule has 7 nitrogen and oxygen atoms in total. The highest BCUT2D eigenvalue weighted by Gasteiger charge is 2.15. The van der Waals surface area contributed by atoms with E-state index in [0.29, 0.717) is 23.8 Å². The molecule has 1 aromatic carbocycles. The Morgan fingerprint density at radius 1 is 1.16 bits per heavy atom. The van der Waals surface area contributed by atoms with Crippen LogP contribution in [0, 0.1) is 13.8 Å². The summed E-state index contributed by atoms with van der Waals surface area (Å²) in [4.78, 5) is 12.2. The molecule has 8 heteroatoms. The fourth-order valence-corrected chi connectivity index (χ4v) is 2.74. The second kappa shape index (κ2) is 8.24. The lowest BCUT2D eigenvalue weighted by molar-refractivity contribution is -0.122. The van der Waals surface area contributed by atoms with Gasteiger partial charge in [-0.05, 0) is 47.5 Å². The summed E-state index contributed by atoms with van der Waals surface area (Å²) in [6.07, 6.45) is 0. The van der Waals surface area contributed by atoms with E-state index in [4.69, 9.17) is 14.2 Å². The maximum Gasteiger partial charge on any atom is 0.242 e. The van der Waals surface area contributed by atoms with Crippen LogP contribution in [0.15, 0.2) is 16.6 Å². The smallest absolute Gasteiger partial charge is 0.242 e. The molecule has 1 N–H and O–H groups in total. The van der Waals surface area contributed by atoms with Gasteiger partial charge in [-0.3, -0.25) is 9.48 Å². The lowest BCUT2D eigenvalue weighted by Crippen LogP contribution is -2.28. The van der Waals surface area contributed by atoms with Crippen molar-refractivity contribution in [3.63, 3.8) is 0 Å². The molecule has 0 unspecified atom stereocenters. The summed E-state index contributed by atoms with van der Waals surface area (Å²) in [5.74, 6) is 1.49. The number of nitrogens with zero attached hydrogens (tertiary/aromatic N) is 2. The highest BCUT2D eigenvalue weighted by molar-refractivity contribution is 9.10. The summed E-state index contributed by atoms with van der Waals surface area (Å²) >= 11 is 3.46. The predicted octanol–water partition coefficient (Wildman–Crippen LogP) is 2.60. The van der Waals surface area contributed by atoms with Crippen molar-refractivity contribution in [2.24, 2.45) is 0 Å². The summed E-state index contributed by atoms with van der Waals surface area (Å²) in [6, 6.07) is 3.61. The van der Waals surface area contributed by atoms with E-state index in [-0.39, 0.29) is 12.5 Å². The second-order valence-electron chi connectivity index (χ2n) is 5.45. The van der Waals surface area contributed by atoms with Crippen LogP contribution in [-0.2, 0) is 17.9 Å². The van der Waals surface area contributed by atoms with Crippen molar-refractivity contribution >= 4 is 21.8 Å². The Morgan fingerprint density at radius 2 is 1.76 bits per heavy atom. The topological polar surface area (TPSA) is 74.6 Å². The number of aromatic nitrogens is 2. The number of methoxy groups -OCH3 is 3. The number of nitrogens with one attached hydrogen (secondary N) is 1. The van der Waals surface area contributed by atoms with Gasteiger partial charge in [-0.1, -0.05) is 0 Å².